The van der Waals surface area contributed by atoms with Gasteiger partial charge in [0.05, 0.1) is 6.33 Å². The number of ketones is 3. The summed E-state index contributed by atoms with van der Waals surface area (Å²) in [5, 5.41) is 31.7. The van der Waals surface area contributed by atoms with Gasteiger partial charge in [0.1, 0.15) is 9.80 Å². The Balaban J connectivity index is 2.75. The van der Waals surface area contributed by atoms with Crippen LogP contribution in [-0.2, 0) is 19.1 Å². The minimum absolute atomic E-state index is 0.0424. The lowest BCUT2D eigenvalue weighted by molar-refractivity contribution is -0.182. The lowest BCUT2D eigenvalue weighted by Crippen LogP contribution is -2.67. The van der Waals surface area contributed by atoms with E-state index in [1.54, 1.807) is 22.6 Å². The second-order valence-corrected chi connectivity index (χ2v) is 7.27. The molecule has 0 bridgehead atoms. The van der Waals surface area contributed by atoms with Gasteiger partial charge in [0.15, 0.2) is 41.0 Å². The van der Waals surface area contributed by atoms with E-state index in [1.165, 1.54) is 0 Å². The van der Waals surface area contributed by atoms with E-state index >= 15 is 0 Å². The molecule has 0 spiro atoms. The predicted octanol–water partition coefficient (Wildman–Crippen LogP) is -1.93. The highest BCUT2D eigenvalue weighted by Crippen LogP contribution is 2.48. The molecule has 2 heterocycles. The number of carbonyl (C=O) groups is 4. The normalized spacial score (nSPS) is 31.5. The molecule has 2 rings (SSSR count). The molecule has 0 saturated carbocycles. The predicted molar refractivity (Wildman–Crippen MR) is 95.3 cm³/mol. The molecule has 0 aliphatic carbocycles. The van der Waals surface area contributed by atoms with Crippen molar-refractivity contribution in [2.75, 3.05) is 0 Å². The number of amides is 1. The first-order valence-corrected chi connectivity index (χ1v) is 8.75. The number of ether oxygens (including phenoxy) is 1. The Bertz CT molecular complexity index is 837. The van der Waals surface area contributed by atoms with Crippen LogP contribution in [0.5, 0.6) is 0 Å². The van der Waals surface area contributed by atoms with Crippen LogP contribution < -0.4 is 5.73 Å². The Kier molecular flexibility index (Phi) is 5.60. The van der Waals surface area contributed by atoms with E-state index in [1.807, 2.05) is 0 Å². The first-order chi connectivity index (χ1) is 12.3. The van der Waals surface area contributed by atoms with Gasteiger partial charge in [-0.1, -0.05) is 0 Å². The number of nitrogens with two attached hydrogens (primary N) is 1. The van der Waals surface area contributed by atoms with E-state index in [9.17, 15) is 34.5 Å². The second-order valence-electron chi connectivity index (χ2n) is 6.25. The van der Waals surface area contributed by atoms with Crippen LogP contribution in [0.15, 0.2) is 6.33 Å². The fourth-order valence-corrected chi connectivity index (χ4v) is 3.83. The standard InChI is InChI=1S/C15H18IN3O8/c1-5(20)9(23)10-14(25,6(2)21)15(26,7(3)22)13(27-10)19-4-18-8(11(19)16)12(17)24/h4-5,10,13,20,25-26H,1-3H3,(H2,17,24)/t5?,10-,13-,14-,15+/m1/s1. The molecule has 1 aromatic heterocycles. The van der Waals surface area contributed by atoms with Crippen LogP contribution in [0.4, 0.5) is 0 Å². The Morgan fingerprint density at radius 1 is 1.26 bits per heavy atom. The van der Waals surface area contributed by atoms with E-state index in [4.69, 9.17) is 10.5 Å². The molecule has 1 aliphatic rings. The first kappa shape index (κ1) is 21.6. The second kappa shape index (κ2) is 7.01. The number of aliphatic hydroxyl groups excluding tert-OH is 1. The molecule has 1 aliphatic heterocycles. The zero-order chi connectivity index (χ0) is 20.9. The summed E-state index contributed by atoms with van der Waals surface area (Å²) < 4.78 is 6.46. The van der Waals surface area contributed by atoms with Crippen LogP contribution >= 0.6 is 22.6 Å². The van der Waals surface area contributed by atoms with Gasteiger partial charge in [0.25, 0.3) is 5.91 Å². The number of Topliss-reactive ketones (excluding diaryl/α,β-unsaturated/α-hetero) is 3. The molecule has 1 fully saturated rings. The summed E-state index contributed by atoms with van der Waals surface area (Å²) in [6.07, 6.45) is -4.47. The molecule has 1 aromatic rings. The van der Waals surface area contributed by atoms with Gasteiger partial charge in [-0.15, -0.1) is 0 Å². The van der Waals surface area contributed by atoms with Crippen LogP contribution in [0.1, 0.15) is 37.5 Å². The van der Waals surface area contributed by atoms with Crippen molar-refractivity contribution >= 4 is 45.8 Å². The summed E-state index contributed by atoms with van der Waals surface area (Å²) in [6, 6.07) is 0. The number of aromatic nitrogens is 2. The third-order valence-electron chi connectivity index (χ3n) is 4.55. The number of nitrogens with zero attached hydrogens (tertiary/aromatic N) is 2. The van der Waals surface area contributed by atoms with E-state index in [0.29, 0.717) is 0 Å². The van der Waals surface area contributed by atoms with E-state index < -0.39 is 52.9 Å². The number of aliphatic hydroxyl groups is 3. The number of hydrogen-bond acceptors (Lipinski definition) is 9. The van der Waals surface area contributed by atoms with Crippen LogP contribution in [0, 0.1) is 3.70 Å². The summed E-state index contributed by atoms with van der Waals surface area (Å²) in [5.41, 5.74) is -0.890. The third-order valence-corrected chi connectivity index (χ3v) is 5.61. The Hall–Kier alpha value is -1.74. The van der Waals surface area contributed by atoms with Gasteiger partial charge in [-0.25, -0.2) is 4.98 Å². The maximum absolute atomic E-state index is 12.3. The van der Waals surface area contributed by atoms with Crippen LogP contribution in [-0.4, -0.2) is 71.5 Å². The summed E-state index contributed by atoms with van der Waals surface area (Å²) in [6.45, 7) is 2.85. The average molecular weight is 495 g/mol. The summed E-state index contributed by atoms with van der Waals surface area (Å²) >= 11 is 1.64. The van der Waals surface area contributed by atoms with Crippen molar-refractivity contribution in [3.8, 4) is 0 Å². The Morgan fingerprint density at radius 3 is 2.15 bits per heavy atom. The number of rotatable bonds is 6. The van der Waals surface area contributed by atoms with Gasteiger partial charge < -0.3 is 25.8 Å². The fourth-order valence-electron chi connectivity index (χ4n) is 3.04. The number of primary amides is 1. The van der Waals surface area contributed by atoms with Gasteiger partial charge in [0.2, 0.25) is 5.60 Å². The van der Waals surface area contributed by atoms with Gasteiger partial charge in [0, 0.05) is 0 Å². The van der Waals surface area contributed by atoms with Crippen molar-refractivity contribution in [3.63, 3.8) is 0 Å². The molecule has 0 aromatic carbocycles. The average Bonchev–Trinajstić information content (AvgIpc) is 3.05. The van der Waals surface area contributed by atoms with Crippen molar-refractivity contribution in [2.24, 2.45) is 5.73 Å². The highest BCUT2D eigenvalue weighted by molar-refractivity contribution is 14.1. The first-order valence-electron chi connectivity index (χ1n) is 7.67. The fraction of sp³-hybridized carbons (Fsp3) is 0.533. The number of carbonyl (C=O) groups excluding carboxylic acids is 4. The highest BCUT2D eigenvalue weighted by Gasteiger charge is 2.73. The van der Waals surface area contributed by atoms with Crippen molar-refractivity contribution in [1.29, 1.82) is 0 Å². The van der Waals surface area contributed by atoms with Crippen LogP contribution in [0.25, 0.3) is 0 Å². The number of halogens is 1. The largest absolute Gasteiger partial charge is 0.386 e. The molecule has 27 heavy (non-hydrogen) atoms. The van der Waals surface area contributed by atoms with Gasteiger partial charge in [-0.2, -0.15) is 0 Å². The Labute approximate surface area is 166 Å². The smallest absolute Gasteiger partial charge is 0.270 e. The van der Waals surface area contributed by atoms with Gasteiger partial charge >= 0.3 is 0 Å². The molecule has 1 unspecified atom stereocenters. The molecule has 5 atom stereocenters. The molecule has 1 saturated heterocycles. The number of imidazole rings is 1. The van der Waals surface area contributed by atoms with E-state index in [-0.39, 0.29) is 9.39 Å². The van der Waals surface area contributed by atoms with Crippen molar-refractivity contribution in [2.45, 2.75) is 50.4 Å². The molecule has 12 heteroatoms. The van der Waals surface area contributed by atoms with Crippen molar-refractivity contribution in [1.82, 2.24) is 9.55 Å². The van der Waals surface area contributed by atoms with Gasteiger partial charge in [-0.3, -0.25) is 23.7 Å². The molecule has 1 amide bonds. The SMILES string of the molecule is CC(=O)[C@@]1(O)[C@@H](C(=O)C(C)O)O[C@@H](n2cnc(C(N)=O)c2I)[C@@]1(O)C(C)=O. The third kappa shape index (κ3) is 2.91. The van der Waals surface area contributed by atoms with Crippen molar-refractivity contribution in [3.05, 3.63) is 15.7 Å². The molecular weight excluding hydrogens is 477 g/mol. The molecule has 0 radical (unpaired) electrons. The van der Waals surface area contributed by atoms with E-state index in [0.717, 1.165) is 31.7 Å². The van der Waals surface area contributed by atoms with E-state index in [2.05, 4.69) is 4.98 Å². The monoisotopic (exact) mass is 495 g/mol. The van der Waals surface area contributed by atoms with Crippen molar-refractivity contribution < 1.29 is 39.2 Å². The Morgan fingerprint density at radius 2 is 1.78 bits per heavy atom. The summed E-state index contributed by atoms with van der Waals surface area (Å²) in [4.78, 5) is 52.1. The highest BCUT2D eigenvalue weighted by atomic mass is 127. The zero-order valence-electron chi connectivity index (χ0n) is 14.5. The molecule has 148 valence electrons. The number of hydrogen-bond donors (Lipinski definition) is 4. The molecular formula is C15H18IN3O8. The summed E-state index contributed by atoms with van der Waals surface area (Å²) in [5.74, 6) is -4.20. The minimum atomic E-state index is -2.97. The minimum Gasteiger partial charge on any atom is -0.386 e. The van der Waals surface area contributed by atoms with Crippen LogP contribution in [0.3, 0.4) is 0 Å². The maximum atomic E-state index is 12.3. The molecule has 5 N–H and O–H groups in total. The lowest BCUT2D eigenvalue weighted by atomic mass is 9.73. The molecule has 11 nitrogen and oxygen atoms in total. The zero-order valence-corrected chi connectivity index (χ0v) is 16.7. The quantitative estimate of drug-likeness (QED) is 0.327. The lowest BCUT2D eigenvalue weighted by Gasteiger charge is -2.37. The van der Waals surface area contributed by atoms with Gasteiger partial charge in [-0.05, 0) is 43.4 Å². The van der Waals surface area contributed by atoms with Crippen LogP contribution in [0.2, 0.25) is 0 Å². The summed E-state index contributed by atoms with van der Waals surface area (Å²) in [7, 11) is 0. The maximum Gasteiger partial charge on any atom is 0.270 e. The topological polar surface area (TPSA) is 182 Å².